The van der Waals surface area contributed by atoms with Crippen molar-refractivity contribution in [2.45, 2.75) is 26.3 Å². The Hall–Kier alpha value is -1.09. The van der Waals surface area contributed by atoms with Crippen molar-refractivity contribution in [3.8, 4) is 5.88 Å². The molecule has 0 atom stereocenters. The van der Waals surface area contributed by atoms with Gasteiger partial charge < -0.3 is 20.1 Å². The molecule has 6 nitrogen and oxygen atoms in total. The molecule has 0 saturated heterocycles. The third-order valence-electron chi connectivity index (χ3n) is 3.38. The van der Waals surface area contributed by atoms with Gasteiger partial charge in [0.25, 0.3) is 0 Å². The summed E-state index contributed by atoms with van der Waals surface area (Å²) in [6.45, 7) is 5.49. The first kappa shape index (κ1) is 20.0. The van der Waals surface area contributed by atoms with Crippen LogP contribution in [-0.2, 0) is 11.3 Å². The topological polar surface area (TPSA) is 67.8 Å². The van der Waals surface area contributed by atoms with Crippen LogP contribution in [0, 0.1) is 5.92 Å². The lowest BCUT2D eigenvalue weighted by Gasteiger charge is -2.12. The third-order valence-corrected chi connectivity index (χ3v) is 3.38. The summed E-state index contributed by atoms with van der Waals surface area (Å²) in [4.78, 5) is 8.89. The molecule has 0 spiro atoms. The molecule has 0 aliphatic heterocycles. The standard InChI is InChI=1S/C16H26N4O2.HI/c1-3-17-16(19-11-13-6-7-13)20-12-14-5-4-8-18-15(14)22-10-9-21-2;/h4-5,8,13H,3,6-7,9-12H2,1-2H3,(H2,17,19,20);1H. The fourth-order valence-electron chi connectivity index (χ4n) is 1.97. The summed E-state index contributed by atoms with van der Waals surface area (Å²) in [7, 11) is 1.65. The lowest BCUT2D eigenvalue weighted by molar-refractivity contribution is 0.143. The van der Waals surface area contributed by atoms with Crippen LogP contribution in [0.5, 0.6) is 5.88 Å². The summed E-state index contributed by atoms with van der Waals surface area (Å²) >= 11 is 0. The van der Waals surface area contributed by atoms with Gasteiger partial charge in [-0.15, -0.1) is 24.0 Å². The van der Waals surface area contributed by atoms with Crippen LogP contribution in [0.4, 0.5) is 0 Å². The van der Waals surface area contributed by atoms with Crippen LogP contribution in [0.25, 0.3) is 0 Å². The van der Waals surface area contributed by atoms with Crippen LogP contribution in [0.1, 0.15) is 25.3 Å². The highest BCUT2D eigenvalue weighted by molar-refractivity contribution is 14.0. The zero-order valence-electron chi connectivity index (χ0n) is 13.9. The first-order valence-electron chi connectivity index (χ1n) is 7.91. The molecule has 2 rings (SSSR count). The number of hydrogen-bond donors (Lipinski definition) is 2. The van der Waals surface area contributed by atoms with Crippen molar-refractivity contribution in [2.75, 3.05) is 33.4 Å². The number of guanidine groups is 1. The molecule has 130 valence electrons. The Morgan fingerprint density at radius 1 is 1.35 bits per heavy atom. The van der Waals surface area contributed by atoms with E-state index in [1.165, 1.54) is 12.8 Å². The number of nitrogens with zero attached hydrogens (tertiary/aromatic N) is 2. The number of aromatic nitrogens is 1. The molecule has 1 aromatic rings. The number of halogens is 1. The predicted molar refractivity (Wildman–Crippen MR) is 103 cm³/mol. The second-order valence-electron chi connectivity index (χ2n) is 5.33. The summed E-state index contributed by atoms with van der Waals surface area (Å²) < 4.78 is 10.6. The first-order chi connectivity index (χ1) is 10.8. The molecule has 7 heteroatoms. The summed E-state index contributed by atoms with van der Waals surface area (Å²) in [5.41, 5.74) is 0.974. The molecular weight excluding hydrogens is 407 g/mol. The predicted octanol–water partition coefficient (Wildman–Crippen LogP) is 2.19. The highest BCUT2D eigenvalue weighted by Gasteiger charge is 2.21. The zero-order valence-corrected chi connectivity index (χ0v) is 16.2. The maximum Gasteiger partial charge on any atom is 0.218 e. The first-order valence-corrected chi connectivity index (χ1v) is 7.91. The van der Waals surface area contributed by atoms with Gasteiger partial charge in [0.2, 0.25) is 5.88 Å². The van der Waals surface area contributed by atoms with Crippen molar-refractivity contribution in [1.29, 1.82) is 0 Å². The maximum atomic E-state index is 5.63. The molecule has 1 fully saturated rings. The van der Waals surface area contributed by atoms with Crippen LogP contribution < -0.4 is 15.4 Å². The van der Waals surface area contributed by atoms with E-state index >= 15 is 0 Å². The van der Waals surface area contributed by atoms with Gasteiger partial charge in [0.05, 0.1) is 13.2 Å². The van der Waals surface area contributed by atoms with Crippen molar-refractivity contribution in [3.05, 3.63) is 23.9 Å². The van der Waals surface area contributed by atoms with Gasteiger partial charge in [-0.05, 0) is 31.7 Å². The monoisotopic (exact) mass is 434 g/mol. The Morgan fingerprint density at radius 3 is 2.87 bits per heavy atom. The molecule has 0 amide bonds. The number of pyridine rings is 1. The van der Waals surface area contributed by atoms with Gasteiger partial charge in [-0.1, -0.05) is 6.07 Å². The Bertz CT molecular complexity index is 481. The quantitative estimate of drug-likeness (QED) is 0.270. The molecule has 0 bridgehead atoms. The van der Waals surface area contributed by atoms with Crippen LogP contribution in [0.2, 0.25) is 0 Å². The fraction of sp³-hybridized carbons (Fsp3) is 0.625. The second kappa shape index (κ2) is 11.4. The minimum Gasteiger partial charge on any atom is -0.475 e. The molecule has 1 saturated carbocycles. The van der Waals surface area contributed by atoms with Gasteiger partial charge >= 0.3 is 0 Å². The largest absolute Gasteiger partial charge is 0.475 e. The number of methoxy groups -OCH3 is 1. The average molecular weight is 434 g/mol. The second-order valence-corrected chi connectivity index (χ2v) is 5.33. The van der Waals surface area contributed by atoms with Gasteiger partial charge in [0, 0.05) is 32.0 Å². The molecule has 1 aliphatic rings. The number of rotatable bonds is 9. The van der Waals surface area contributed by atoms with Crippen LogP contribution in [0.3, 0.4) is 0 Å². The molecular formula is C16H27IN4O2. The maximum absolute atomic E-state index is 5.63. The smallest absolute Gasteiger partial charge is 0.218 e. The van der Waals surface area contributed by atoms with Crippen LogP contribution >= 0.6 is 24.0 Å². The SMILES string of the molecule is CCNC(=NCc1cccnc1OCCOC)NCC1CC1.I. The Labute approximate surface area is 155 Å². The normalized spacial score (nSPS) is 14.1. The summed E-state index contributed by atoms with van der Waals surface area (Å²) in [6, 6.07) is 3.89. The van der Waals surface area contributed by atoms with E-state index in [4.69, 9.17) is 9.47 Å². The summed E-state index contributed by atoms with van der Waals surface area (Å²) in [5, 5.41) is 6.65. The average Bonchev–Trinajstić information content (AvgIpc) is 3.36. The minimum absolute atomic E-state index is 0. The molecule has 1 aliphatic carbocycles. The summed E-state index contributed by atoms with van der Waals surface area (Å²) in [5.74, 6) is 2.29. The highest BCUT2D eigenvalue weighted by Crippen LogP contribution is 2.27. The number of ether oxygens (including phenoxy) is 2. The molecule has 1 heterocycles. The van der Waals surface area contributed by atoms with Gasteiger partial charge in [-0.3, -0.25) is 0 Å². The van der Waals surface area contributed by atoms with Crippen LogP contribution in [-0.4, -0.2) is 44.4 Å². The number of hydrogen-bond acceptors (Lipinski definition) is 4. The number of nitrogens with one attached hydrogen (secondary N) is 2. The van der Waals surface area contributed by atoms with Gasteiger partial charge in [0.15, 0.2) is 5.96 Å². The van der Waals surface area contributed by atoms with Gasteiger partial charge in [-0.25, -0.2) is 9.98 Å². The van der Waals surface area contributed by atoms with Crippen LogP contribution in [0.15, 0.2) is 23.3 Å². The van der Waals surface area contributed by atoms with Crippen molar-refractivity contribution < 1.29 is 9.47 Å². The van der Waals surface area contributed by atoms with Gasteiger partial charge in [-0.2, -0.15) is 0 Å². The van der Waals surface area contributed by atoms with Crippen molar-refractivity contribution in [1.82, 2.24) is 15.6 Å². The van der Waals surface area contributed by atoms with E-state index in [-0.39, 0.29) is 24.0 Å². The van der Waals surface area contributed by atoms with Gasteiger partial charge in [0.1, 0.15) is 6.61 Å². The Kier molecular flexibility index (Phi) is 9.93. The molecule has 0 radical (unpaired) electrons. The fourth-order valence-corrected chi connectivity index (χ4v) is 1.97. The molecule has 1 aromatic heterocycles. The highest BCUT2D eigenvalue weighted by atomic mass is 127. The molecule has 0 unspecified atom stereocenters. The number of aliphatic imine (C=N–C) groups is 1. The Balaban J connectivity index is 0.00000264. The Morgan fingerprint density at radius 2 is 2.17 bits per heavy atom. The van der Waals surface area contributed by atoms with Crippen molar-refractivity contribution in [2.24, 2.45) is 10.9 Å². The summed E-state index contributed by atoms with van der Waals surface area (Å²) in [6.07, 6.45) is 4.38. The van der Waals surface area contributed by atoms with Crippen molar-refractivity contribution in [3.63, 3.8) is 0 Å². The van der Waals surface area contributed by atoms with E-state index in [0.717, 1.165) is 30.5 Å². The van der Waals surface area contributed by atoms with E-state index < -0.39 is 0 Å². The lowest BCUT2D eigenvalue weighted by atomic mass is 10.3. The minimum atomic E-state index is 0. The van der Waals surface area contributed by atoms with E-state index in [1.807, 2.05) is 12.1 Å². The van der Waals surface area contributed by atoms with E-state index in [2.05, 4.69) is 27.5 Å². The van der Waals surface area contributed by atoms with Crippen molar-refractivity contribution >= 4 is 29.9 Å². The zero-order chi connectivity index (χ0) is 15.6. The molecule has 23 heavy (non-hydrogen) atoms. The molecule has 2 N–H and O–H groups in total. The lowest BCUT2D eigenvalue weighted by Crippen LogP contribution is -2.38. The third kappa shape index (κ3) is 7.83. The van der Waals surface area contributed by atoms with E-state index in [9.17, 15) is 0 Å². The van der Waals surface area contributed by atoms with E-state index in [0.29, 0.717) is 25.6 Å². The molecule has 0 aromatic carbocycles. The van der Waals surface area contributed by atoms with E-state index in [1.54, 1.807) is 13.3 Å².